The lowest BCUT2D eigenvalue weighted by atomic mass is 9.95. The van der Waals surface area contributed by atoms with Crippen LogP contribution >= 0.6 is 0 Å². The first kappa shape index (κ1) is 27.7. The molecule has 3 aromatic rings. The minimum atomic E-state index is -1.00. The van der Waals surface area contributed by atoms with Gasteiger partial charge in [-0.05, 0) is 68.5 Å². The summed E-state index contributed by atoms with van der Waals surface area (Å²) < 4.78 is 28.2. The molecule has 202 valence electrons. The van der Waals surface area contributed by atoms with E-state index in [0.717, 1.165) is 16.8 Å². The number of benzene rings is 2. The molecule has 7 heteroatoms. The molecule has 4 rings (SSSR count). The van der Waals surface area contributed by atoms with Gasteiger partial charge in [0, 0.05) is 30.6 Å². The maximum Gasteiger partial charge on any atom is 0.338 e. The summed E-state index contributed by atoms with van der Waals surface area (Å²) in [6, 6.07) is 15.6. The number of hydrogen-bond donors (Lipinski definition) is 1. The van der Waals surface area contributed by atoms with E-state index in [0.29, 0.717) is 37.1 Å². The number of carbonyl (C=O) groups is 2. The maximum absolute atomic E-state index is 13.9. The van der Waals surface area contributed by atoms with Gasteiger partial charge in [-0.15, -0.1) is 0 Å². The summed E-state index contributed by atoms with van der Waals surface area (Å²) in [6.45, 7) is 9.71. The van der Waals surface area contributed by atoms with E-state index in [1.165, 1.54) is 12.1 Å². The van der Waals surface area contributed by atoms with Crippen LogP contribution in [0.15, 0.2) is 54.6 Å². The van der Waals surface area contributed by atoms with E-state index in [2.05, 4.69) is 4.57 Å². The van der Waals surface area contributed by atoms with Crippen molar-refractivity contribution < 1.29 is 28.6 Å². The molecule has 1 saturated heterocycles. The zero-order chi connectivity index (χ0) is 27.6. The van der Waals surface area contributed by atoms with Crippen molar-refractivity contribution in [1.82, 2.24) is 4.57 Å². The second-order valence-electron chi connectivity index (χ2n) is 10.8. The van der Waals surface area contributed by atoms with E-state index in [-0.39, 0.29) is 35.3 Å². The summed E-state index contributed by atoms with van der Waals surface area (Å²) in [5.74, 6) is -2.21. The van der Waals surface area contributed by atoms with Crippen LogP contribution in [0.25, 0.3) is 22.4 Å². The average molecular weight is 522 g/mol. The number of hydrogen-bond acceptors (Lipinski definition) is 4. The molecule has 1 fully saturated rings. The molecule has 0 amide bonds. The van der Waals surface area contributed by atoms with Crippen LogP contribution in [0.4, 0.5) is 4.39 Å². The van der Waals surface area contributed by atoms with E-state index in [9.17, 15) is 19.1 Å². The third-order valence-electron chi connectivity index (χ3n) is 6.86. The predicted octanol–water partition coefficient (Wildman–Crippen LogP) is 7.06. The Morgan fingerprint density at radius 2 is 1.66 bits per heavy atom. The SMILES string of the molecule is CC(=O)C[C@H]1C[C@@H](CCn2c(-c3ccc(F)cc3)c(-c3ccccc3)c(C(=O)O)c2C(C)C)OC(C)(C)O1. The molecule has 6 nitrogen and oxygen atoms in total. The van der Waals surface area contributed by atoms with Gasteiger partial charge < -0.3 is 19.1 Å². The Balaban J connectivity index is 1.84. The van der Waals surface area contributed by atoms with Crippen molar-refractivity contribution in [2.24, 2.45) is 0 Å². The molecule has 38 heavy (non-hydrogen) atoms. The number of rotatable bonds is 9. The van der Waals surface area contributed by atoms with Gasteiger partial charge in [-0.2, -0.15) is 0 Å². The van der Waals surface area contributed by atoms with Crippen LogP contribution < -0.4 is 0 Å². The number of aromatic nitrogens is 1. The summed E-state index contributed by atoms with van der Waals surface area (Å²) in [4.78, 5) is 24.5. The number of carboxylic acid groups (broad SMARTS) is 1. The normalized spacial score (nSPS) is 19.0. The van der Waals surface area contributed by atoms with Gasteiger partial charge in [0.2, 0.25) is 0 Å². The van der Waals surface area contributed by atoms with Gasteiger partial charge in [0.15, 0.2) is 5.79 Å². The fraction of sp³-hybridized carbons (Fsp3) is 0.419. The fourth-order valence-corrected chi connectivity index (χ4v) is 5.60. The first-order valence-electron chi connectivity index (χ1n) is 13.1. The lowest BCUT2D eigenvalue weighted by Crippen LogP contribution is -2.45. The lowest BCUT2D eigenvalue weighted by Gasteiger charge is -2.41. The van der Waals surface area contributed by atoms with Crippen molar-refractivity contribution in [3.63, 3.8) is 0 Å². The van der Waals surface area contributed by atoms with Gasteiger partial charge in [0.1, 0.15) is 11.6 Å². The molecule has 0 spiro atoms. The fourth-order valence-electron chi connectivity index (χ4n) is 5.60. The van der Waals surface area contributed by atoms with Crippen LogP contribution in [0, 0.1) is 5.82 Å². The second-order valence-corrected chi connectivity index (χ2v) is 10.8. The van der Waals surface area contributed by atoms with Crippen molar-refractivity contribution in [3.05, 3.63) is 71.7 Å². The maximum atomic E-state index is 13.9. The second kappa shape index (κ2) is 11.2. The Morgan fingerprint density at radius 1 is 1.03 bits per heavy atom. The minimum absolute atomic E-state index is 0.0659. The summed E-state index contributed by atoms with van der Waals surface area (Å²) in [5, 5.41) is 10.4. The van der Waals surface area contributed by atoms with E-state index >= 15 is 0 Å². The molecule has 1 aliphatic rings. The largest absolute Gasteiger partial charge is 0.478 e. The molecule has 2 aromatic carbocycles. The summed E-state index contributed by atoms with van der Waals surface area (Å²) in [5.41, 5.74) is 3.85. The molecule has 0 radical (unpaired) electrons. The van der Waals surface area contributed by atoms with Crippen molar-refractivity contribution in [2.45, 2.75) is 84.3 Å². The first-order valence-corrected chi connectivity index (χ1v) is 13.1. The van der Waals surface area contributed by atoms with Crippen LogP contribution in [0.2, 0.25) is 0 Å². The van der Waals surface area contributed by atoms with Crippen molar-refractivity contribution in [3.8, 4) is 22.4 Å². The molecule has 0 unspecified atom stereocenters. The van der Waals surface area contributed by atoms with E-state index in [4.69, 9.17) is 9.47 Å². The zero-order valence-corrected chi connectivity index (χ0v) is 22.7. The predicted molar refractivity (Wildman–Crippen MR) is 145 cm³/mol. The topological polar surface area (TPSA) is 77.8 Å². The number of carbonyl (C=O) groups excluding carboxylic acids is 1. The highest BCUT2D eigenvalue weighted by molar-refractivity contribution is 6.03. The molecular formula is C31H36FNO5. The Bertz CT molecular complexity index is 1290. The molecule has 1 aromatic heterocycles. The molecule has 0 bridgehead atoms. The summed E-state index contributed by atoms with van der Waals surface area (Å²) >= 11 is 0. The highest BCUT2D eigenvalue weighted by Gasteiger charge is 2.37. The number of ketones is 1. The lowest BCUT2D eigenvalue weighted by molar-refractivity contribution is -0.300. The Labute approximate surface area is 223 Å². The van der Waals surface area contributed by atoms with E-state index < -0.39 is 11.8 Å². The number of halogens is 1. The first-order chi connectivity index (χ1) is 18.0. The van der Waals surface area contributed by atoms with Gasteiger partial charge in [-0.3, -0.25) is 4.79 Å². The monoisotopic (exact) mass is 521 g/mol. The van der Waals surface area contributed by atoms with Crippen molar-refractivity contribution in [1.29, 1.82) is 0 Å². The van der Waals surface area contributed by atoms with Crippen LogP contribution in [0.3, 0.4) is 0 Å². The van der Waals surface area contributed by atoms with Crippen LogP contribution in [-0.2, 0) is 20.8 Å². The van der Waals surface area contributed by atoms with Crippen molar-refractivity contribution in [2.75, 3.05) is 0 Å². The highest BCUT2D eigenvalue weighted by Crippen LogP contribution is 2.42. The van der Waals surface area contributed by atoms with Gasteiger partial charge in [0.05, 0.1) is 23.5 Å². The average Bonchev–Trinajstić information content (AvgIpc) is 3.18. The van der Waals surface area contributed by atoms with Crippen molar-refractivity contribution >= 4 is 11.8 Å². The third-order valence-corrected chi connectivity index (χ3v) is 6.86. The number of ether oxygens (including phenoxy) is 2. The molecular weight excluding hydrogens is 485 g/mol. The molecule has 2 heterocycles. The van der Waals surface area contributed by atoms with Gasteiger partial charge in [0.25, 0.3) is 0 Å². The zero-order valence-electron chi connectivity index (χ0n) is 22.7. The van der Waals surface area contributed by atoms with Crippen LogP contribution in [0.5, 0.6) is 0 Å². The number of nitrogens with zero attached hydrogens (tertiary/aromatic N) is 1. The third kappa shape index (κ3) is 6.05. The van der Waals surface area contributed by atoms with Crippen LogP contribution in [0.1, 0.15) is 75.9 Å². The molecule has 1 N–H and O–H groups in total. The number of carboxylic acids is 1. The van der Waals surface area contributed by atoms with E-state index in [1.807, 2.05) is 58.0 Å². The molecule has 0 aliphatic carbocycles. The quantitative estimate of drug-likeness (QED) is 0.326. The number of Topliss-reactive ketones (excluding diaryl/α,β-unsaturated/α-hetero) is 1. The molecule has 2 atom stereocenters. The van der Waals surface area contributed by atoms with Gasteiger partial charge in [-0.25, -0.2) is 9.18 Å². The van der Waals surface area contributed by atoms with E-state index in [1.54, 1.807) is 19.1 Å². The highest BCUT2D eigenvalue weighted by atomic mass is 19.1. The summed E-state index contributed by atoms with van der Waals surface area (Å²) in [6.07, 6.45) is 1.08. The standard InChI is InChI=1S/C31H36FNO5/c1-19(2)28-27(30(35)36)26(21-9-7-6-8-10-21)29(22-11-13-23(32)14-12-22)33(28)16-15-24-18-25(17-20(3)34)38-31(4,5)37-24/h6-14,19,24-25H,15-18H2,1-5H3,(H,35,36)/t24-,25+/m1/s1. The van der Waals surface area contributed by atoms with Crippen LogP contribution in [-0.4, -0.2) is 39.4 Å². The van der Waals surface area contributed by atoms with Gasteiger partial charge >= 0.3 is 5.97 Å². The van der Waals surface area contributed by atoms with Gasteiger partial charge in [-0.1, -0.05) is 44.2 Å². The Hall–Kier alpha value is -3.29. The summed E-state index contributed by atoms with van der Waals surface area (Å²) in [7, 11) is 0. The molecule has 0 saturated carbocycles. The minimum Gasteiger partial charge on any atom is -0.478 e. The number of aromatic carboxylic acids is 1. The Morgan fingerprint density at radius 3 is 2.24 bits per heavy atom. The Kier molecular flexibility index (Phi) is 8.19. The smallest absolute Gasteiger partial charge is 0.338 e. The molecule has 1 aliphatic heterocycles.